The van der Waals surface area contributed by atoms with Gasteiger partial charge in [0.05, 0.1) is 34.3 Å². The van der Waals surface area contributed by atoms with Gasteiger partial charge in [0.15, 0.2) is 0 Å². The SMILES string of the molecule is O=C(c1cnc2ccccc2n1)N1CC(n2c(C3CC3)nc3ccccc32)C1. The Morgan fingerprint density at radius 1 is 0.893 bits per heavy atom. The fourth-order valence-electron chi connectivity index (χ4n) is 4.08. The van der Waals surface area contributed by atoms with Crippen molar-refractivity contribution in [2.75, 3.05) is 13.1 Å². The van der Waals surface area contributed by atoms with Crippen LogP contribution in [0.15, 0.2) is 54.7 Å². The molecule has 2 fully saturated rings. The Hall–Kier alpha value is -3.28. The summed E-state index contributed by atoms with van der Waals surface area (Å²) < 4.78 is 2.36. The van der Waals surface area contributed by atoms with E-state index in [9.17, 15) is 4.79 Å². The van der Waals surface area contributed by atoms with Crippen LogP contribution in [-0.2, 0) is 0 Å². The number of carbonyl (C=O) groups is 1. The number of rotatable bonds is 3. The maximum absolute atomic E-state index is 12.9. The van der Waals surface area contributed by atoms with Gasteiger partial charge in [-0.3, -0.25) is 9.78 Å². The molecular formula is C22H19N5O. The molecule has 0 N–H and O–H groups in total. The normalized spacial score (nSPS) is 17.2. The number of nitrogens with zero attached hydrogens (tertiary/aromatic N) is 5. The Labute approximate surface area is 161 Å². The zero-order chi connectivity index (χ0) is 18.7. The highest BCUT2D eigenvalue weighted by molar-refractivity contribution is 5.94. The van der Waals surface area contributed by atoms with Crippen LogP contribution >= 0.6 is 0 Å². The van der Waals surface area contributed by atoms with E-state index in [1.807, 2.05) is 35.2 Å². The number of carbonyl (C=O) groups excluding carboxylic acids is 1. The van der Waals surface area contributed by atoms with Crippen LogP contribution in [0.2, 0.25) is 0 Å². The Morgan fingerprint density at radius 3 is 2.39 bits per heavy atom. The second-order valence-corrected chi connectivity index (χ2v) is 7.71. The summed E-state index contributed by atoms with van der Waals surface area (Å²) in [6, 6.07) is 16.2. The van der Waals surface area contributed by atoms with E-state index in [-0.39, 0.29) is 11.9 Å². The van der Waals surface area contributed by atoms with E-state index >= 15 is 0 Å². The molecule has 138 valence electrons. The molecule has 1 aliphatic heterocycles. The molecule has 1 saturated heterocycles. The number of amides is 1. The summed E-state index contributed by atoms with van der Waals surface area (Å²) in [5.41, 5.74) is 4.19. The molecule has 1 aliphatic carbocycles. The van der Waals surface area contributed by atoms with E-state index in [1.54, 1.807) is 6.20 Å². The van der Waals surface area contributed by atoms with Gasteiger partial charge in [-0.05, 0) is 37.1 Å². The largest absolute Gasteiger partial charge is 0.333 e. The Balaban J connectivity index is 1.27. The van der Waals surface area contributed by atoms with Gasteiger partial charge in [-0.2, -0.15) is 0 Å². The standard InChI is InChI=1S/C22H19N5O/c28-22(19-11-23-16-5-1-2-6-17(16)24-19)26-12-15(13-26)27-20-8-4-3-7-18(20)25-21(27)14-9-10-14/h1-8,11,14-15H,9-10,12-13H2. The summed E-state index contributed by atoms with van der Waals surface area (Å²) in [6.45, 7) is 1.38. The van der Waals surface area contributed by atoms with Gasteiger partial charge in [0.2, 0.25) is 0 Å². The van der Waals surface area contributed by atoms with E-state index in [2.05, 4.69) is 32.7 Å². The topological polar surface area (TPSA) is 63.9 Å². The van der Waals surface area contributed by atoms with Gasteiger partial charge < -0.3 is 9.47 Å². The molecular weight excluding hydrogens is 350 g/mol. The lowest BCUT2D eigenvalue weighted by Gasteiger charge is -2.40. The van der Waals surface area contributed by atoms with Gasteiger partial charge >= 0.3 is 0 Å². The lowest BCUT2D eigenvalue weighted by molar-refractivity contribution is 0.0516. The fourth-order valence-corrected chi connectivity index (χ4v) is 4.08. The average Bonchev–Trinajstić information content (AvgIpc) is 3.48. The van der Waals surface area contributed by atoms with Gasteiger partial charge in [0, 0.05) is 19.0 Å². The van der Waals surface area contributed by atoms with Crippen molar-refractivity contribution in [2.45, 2.75) is 24.8 Å². The predicted molar refractivity (Wildman–Crippen MR) is 106 cm³/mol. The molecule has 0 unspecified atom stereocenters. The summed E-state index contributed by atoms with van der Waals surface area (Å²) in [5.74, 6) is 1.71. The number of benzene rings is 2. The van der Waals surface area contributed by atoms with Crippen LogP contribution in [0, 0.1) is 0 Å². The molecule has 2 aromatic heterocycles. The van der Waals surface area contributed by atoms with Crippen LogP contribution in [0.3, 0.4) is 0 Å². The Morgan fingerprint density at radius 2 is 1.61 bits per heavy atom. The maximum Gasteiger partial charge on any atom is 0.274 e. The van der Waals surface area contributed by atoms with Crippen LogP contribution in [-0.4, -0.2) is 43.4 Å². The van der Waals surface area contributed by atoms with Crippen LogP contribution in [0.5, 0.6) is 0 Å². The molecule has 6 rings (SSSR count). The molecule has 28 heavy (non-hydrogen) atoms. The second kappa shape index (κ2) is 5.86. The summed E-state index contributed by atoms with van der Waals surface area (Å²) in [5, 5.41) is 0. The quantitative estimate of drug-likeness (QED) is 0.554. The number of hydrogen-bond donors (Lipinski definition) is 0. The first-order chi connectivity index (χ1) is 13.8. The zero-order valence-corrected chi connectivity index (χ0v) is 15.3. The van der Waals surface area contributed by atoms with Gasteiger partial charge in [-0.25, -0.2) is 9.97 Å². The highest BCUT2D eigenvalue weighted by atomic mass is 16.2. The van der Waals surface area contributed by atoms with Crippen molar-refractivity contribution < 1.29 is 4.79 Å². The van der Waals surface area contributed by atoms with Crippen molar-refractivity contribution in [3.8, 4) is 0 Å². The molecule has 0 spiro atoms. The number of hydrogen-bond acceptors (Lipinski definition) is 4. The zero-order valence-electron chi connectivity index (χ0n) is 15.3. The first-order valence-electron chi connectivity index (χ1n) is 9.76. The van der Waals surface area contributed by atoms with Gasteiger partial charge in [-0.1, -0.05) is 24.3 Å². The molecule has 0 radical (unpaired) electrons. The molecule has 0 bridgehead atoms. The molecule has 2 aliphatic rings. The molecule has 4 aromatic rings. The lowest BCUT2D eigenvalue weighted by atomic mass is 10.1. The van der Waals surface area contributed by atoms with E-state index in [0.717, 1.165) is 16.6 Å². The number of likely N-dealkylation sites (tertiary alicyclic amines) is 1. The van der Waals surface area contributed by atoms with Crippen molar-refractivity contribution in [3.63, 3.8) is 0 Å². The van der Waals surface area contributed by atoms with Crippen LogP contribution in [0.1, 0.15) is 41.1 Å². The third kappa shape index (κ3) is 2.41. The summed E-state index contributed by atoms with van der Waals surface area (Å²) in [4.78, 5) is 28.5. The smallest absolute Gasteiger partial charge is 0.274 e. The number of para-hydroxylation sites is 4. The fraction of sp³-hybridized carbons (Fsp3) is 0.273. The molecule has 1 amide bonds. The number of aromatic nitrogens is 4. The second-order valence-electron chi connectivity index (χ2n) is 7.71. The number of imidazole rings is 1. The van der Waals surface area contributed by atoms with Crippen LogP contribution in [0.4, 0.5) is 0 Å². The van der Waals surface area contributed by atoms with Crippen LogP contribution in [0.25, 0.3) is 22.1 Å². The molecule has 0 atom stereocenters. The summed E-state index contributed by atoms with van der Waals surface area (Å²) in [6.07, 6.45) is 4.01. The van der Waals surface area contributed by atoms with Crippen molar-refractivity contribution in [2.24, 2.45) is 0 Å². The van der Waals surface area contributed by atoms with Crippen molar-refractivity contribution in [1.29, 1.82) is 0 Å². The van der Waals surface area contributed by atoms with E-state index < -0.39 is 0 Å². The Kier molecular flexibility index (Phi) is 3.29. The third-order valence-electron chi connectivity index (χ3n) is 5.75. The van der Waals surface area contributed by atoms with E-state index in [1.165, 1.54) is 24.2 Å². The van der Waals surface area contributed by atoms with Crippen molar-refractivity contribution >= 4 is 28.0 Å². The predicted octanol–water partition coefficient (Wildman–Crippen LogP) is 3.55. The Bertz CT molecular complexity index is 1220. The molecule has 6 nitrogen and oxygen atoms in total. The minimum absolute atomic E-state index is 0.0492. The molecule has 2 aromatic carbocycles. The molecule has 1 saturated carbocycles. The van der Waals surface area contributed by atoms with E-state index in [0.29, 0.717) is 24.7 Å². The van der Waals surface area contributed by atoms with Crippen molar-refractivity contribution in [1.82, 2.24) is 24.4 Å². The van der Waals surface area contributed by atoms with Gasteiger partial charge in [0.25, 0.3) is 5.91 Å². The van der Waals surface area contributed by atoms with Gasteiger partial charge in [-0.15, -0.1) is 0 Å². The lowest BCUT2D eigenvalue weighted by Crippen LogP contribution is -2.51. The minimum Gasteiger partial charge on any atom is -0.333 e. The average molecular weight is 369 g/mol. The van der Waals surface area contributed by atoms with E-state index in [4.69, 9.17) is 4.98 Å². The summed E-state index contributed by atoms with van der Waals surface area (Å²) in [7, 11) is 0. The number of fused-ring (bicyclic) bond motifs is 2. The van der Waals surface area contributed by atoms with Crippen molar-refractivity contribution in [3.05, 3.63) is 66.2 Å². The molecule has 3 heterocycles. The summed E-state index contributed by atoms with van der Waals surface area (Å²) >= 11 is 0. The van der Waals surface area contributed by atoms with Crippen LogP contribution < -0.4 is 0 Å². The monoisotopic (exact) mass is 369 g/mol. The first kappa shape index (κ1) is 15.7. The van der Waals surface area contributed by atoms with Gasteiger partial charge in [0.1, 0.15) is 11.5 Å². The maximum atomic E-state index is 12.9. The first-order valence-corrected chi connectivity index (χ1v) is 9.76. The minimum atomic E-state index is -0.0492. The third-order valence-corrected chi connectivity index (χ3v) is 5.75. The highest BCUT2D eigenvalue weighted by Gasteiger charge is 2.38. The molecule has 6 heteroatoms. The highest BCUT2D eigenvalue weighted by Crippen LogP contribution is 2.43.